The molecule has 4 aromatic rings. The number of benzene rings is 2. The quantitative estimate of drug-likeness (QED) is 0.386. The van der Waals surface area contributed by atoms with Gasteiger partial charge in [-0.15, -0.1) is 0 Å². The number of aromatic nitrogens is 2. The number of nitrogens with zero attached hydrogens (tertiary/aromatic N) is 3. The van der Waals surface area contributed by atoms with Gasteiger partial charge in [-0.25, -0.2) is 4.98 Å². The van der Waals surface area contributed by atoms with Crippen molar-refractivity contribution in [2.75, 3.05) is 4.90 Å². The number of pyridine rings is 1. The van der Waals surface area contributed by atoms with Gasteiger partial charge in [0, 0.05) is 22.4 Å². The molecule has 0 aliphatic carbocycles. The normalized spacial score (nSPS) is 11.0. The molecule has 0 spiro atoms. The molecule has 140 valence electrons. The number of carbonyl (C=O) groups is 1. The Kier molecular flexibility index (Phi) is 5.24. The van der Waals surface area contributed by atoms with Gasteiger partial charge in [-0.1, -0.05) is 51.0 Å². The molecule has 1 amide bonds. The van der Waals surface area contributed by atoms with Gasteiger partial charge < -0.3 is 0 Å². The first kappa shape index (κ1) is 18.8. The van der Waals surface area contributed by atoms with E-state index in [2.05, 4.69) is 20.9 Å². The van der Waals surface area contributed by atoms with E-state index < -0.39 is 0 Å². The highest BCUT2D eigenvalue weighted by atomic mass is 79.9. The number of thiazole rings is 1. The molecular weight excluding hydrogens is 434 g/mol. The number of hydrogen-bond acceptors (Lipinski definition) is 4. The Morgan fingerprint density at radius 2 is 2.00 bits per heavy atom. The first-order valence-electron chi connectivity index (χ1n) is 8.85. The molecule has 0 saturated carbocycles. The lowest BCUT2D eigenvalue weighted by molar-refractivity contribution is 0.0984. The Bertz CT molecular complexity index is 1160. The fourth-order valence-corrected chi connectivity index (χ4v) is 4.53. The average Bonchev–Trinajstić information content (AvgIpc) is 3.11. The lowest BCUT2D eigenvalue weighted by Gasteiger charge is -2.21. The van der Waals surface area contributed by atoms with Crippen molar-refractivity contribution in [3.05, 3.63) is 87.7 Å². The van der Waals surface area contributed by atoms with Crippen LogP contribution in [0.3, 0.4) is 0 Å². The molecule has 6 heteroatoms. The summed E-state index contributed by atoms with van der Waals surface area (Å²) >= 11 is 5.02. The Balaban J connectivity index is 1.80. The van der Waals surface area contributed by atoms with Gasteiger partial charge in [-0.3, -0.25) is 14.7 Å². The number of anilines is 1. The Hall–Kier alpha value is -2.57. The number of amides is 1. The van der Waals surface area contributed by atoms with E-state index in [0.29, 0.717) is 17.2 Å². The van der Waals surface area contributed by atoms with E-state index in [1.807, 2.05) is 62.4 Å². The third kappa shape index (κ3) is 3.84. The summed E-state index contributed by atoms with van der Waals surface area (Å²) in [5.74, 6) is -0.0526. The largest absolute Gasteiger partial charge is 0.279 e. The van der Waals surface area contributed by atoms with E-state index >= 15 is 0 Å². The second kappa shape index (κ2) is 7.81. The highest BCUT2D eigenvalue weighted by molar-refractivity contribution is 9.10. The molecule has 0 atom stereocenters. The van der Waals surface area contributed by atoms with E-state index in [-0.39, 0.29) is 5.91 Å². The molecule has 2 aromatic carbocycles. The number of rotatable bonds is 4. The van der Waals surface area contributed by atoms with Gasteiger partial charge in [0.2, 0.25) is 0 Å². The standard InChI is InChI=1S/C22H18BrN3OS/c1-14-5-6-15(2)18(10-14)21(27)26(13-16-4-3-9-24-12-16)22-25-19-8-7-17(23)11-20(19)28-22/h3-12H,13H2,1-2H3. The zero-order valence-corrected chi connectivity index (χ0v) is 17.9. The van der Waals surface area contributed by atoms with Crippen molar-refractivity contribution in [3.63, 3.8) is 0 Å². The molecule has 0 aliphatic heterocycles. The highest BCUT2D eigenvalue weighted by Gasteiger charge is 2.23. The summed E-state index contributed by atoms with van der Waals surface area (Å²) in [6.45, 7) is 4.38. The molecular formula is C22H18BrN3OS. The van der Waals surface area contributed by atoms with Gasteiger partial charge in [-0.05, 0) is 55.3 Å². The molecule has 0 N–H and O–H groups in total. The van der Waals surface area contributed by atoms with Gasteiger partial charge in [0.05, 0.1) is 16.8 Å². The van der Waals surface area contributed by atoms with Gasteiger partial charge in [0.1, 0.15) is 0 Å². The number of aryl methyl sites for hydroxylation is 2. The summed E-state index contributed by atoms with van der Waals surface area (Å²) in [6.07, 6.45) is 3.52. The smallest absolute Gasteiger partial charge is 0.260 e. The maximum atomic E-state index is 13.5. The summed E-state index contributed by atoms with van der Waals surface area (Å²) < 4.78 is 2.03. The molecule has 2 aromatic heterocycles. The topological polar surface area (TPSA) is 46.1 Å². The summed E-state index contributed by atoms with van der Waals surface area (Å²) in [4.78, 5) is 24.2. The number of carbonyl (C=O) groups excluding carboxylic acids is 1. The maximum absolute atomic E-state index is 13.5. The lowest BCUT2D eigenvalue weighted by Crippen LogP contribution is -2.31. The van der Waals surface area contributed by atoms with Crippen molar-refractivity contribution in [1.82, 2.24) is 9.97 Å². The minimum Gasteiger partial charge on any atom is -0.279 e. The third-order valence-corrected chi connectivity index (χ3v) is 6.04. The first-order chi connectivity index (χ1) is 13.5. The lowest BCUT2D eigenvalue weighted by atomic mass is 10.0. The van der Waals surface area contributed by atoms with E-state index in [1.54, 1.807) is 17.3 Å². The van der Waals surface area contributed by atoms with Crippen LogP contribution in [-0.2, 0) is 6.54 Å². The minimum absolute atomic E-state index is 0.0526. The maximum Gasteiger partial charge on any atom is 0.260 e. The molecule has 0 aliphatic rings. The number of fused-ring (bicyclic) bond motifs is 1. The van der Waals surface area contributed by atoms with E-state index in [9.17, 15) is 4.79 Å². The first-order valence-corrected chi connectivity index (χ1v) is 10.5. The van der Waals surface area contributed by atoms with Crippen molar-refractivity contribution >= 4 is 48.5 Å². The fourth-order valence-electron chi connectivity index (χ4n) is 3.01. The zero-order chi connectivity index (χ0) is 19.7. The van der Waals surface area contributed by atoms with Crippen molar-refractivity contribution in [2.24, 2.45) is 0 Å². The Morgan fingerprint density at radius 1 is 1.14 bits per heavy atom. The SMILES string of the molecule is Cc1ccc(C)c(C(=O)N(Cc2cccnc2)c2nc3ccc(Br)cc3s2)c1. The molecule has 0 bridgehead atoms. The van der Waals surface area contributed by atoms with Crippen molar-refractivity contribution in [1.29, 1.82) is 0 Å². The van der Waals surface area contributed by atoms with Gasteiger partial charge in [0.25, 0.3) is 5.91 Å². The van der Waals surface area contributed by atoms with E-state index in [1.165, 1.54) is 11.3 Å². The van der Waals surface area contributed by atoms with Crippen LogP contribution in [0.25, 0.3) is 10.2 Å². The highest BCUT2D eigenvalue weighted by Crippen LogP contribution is 2.32. The predicted octanol–water partition coefficient (Wildman–Crippen LogP) is 5.92. The van der Waals surface area contributed by atoms with Crippen molar-refractivity contribution in [2.45, 2.75) is 20.4 Å². The number of hydrogen-bond donors (Lipinski definition) is 0. The van der Waals surface area contributed by atoms with Crippen LogP contribution in [0, 0.1) is 13.8 Å². The Morgan fingerprint density at radius 3 is 2.79 bits per heavy atom. The van der Waals surface area contributed by atoms with Crippen LogP contribution in [0.1, 0.15) is 27.0 Å². The number of halogens is 1. The second-order valence-electron chi connectivity index (χ2n) is 6.68. The summed E-state index contributed by atoms with van der Waals surface area (Å²) in [5.41, 5.74) is 4.55. The molecule has 28 heavy (non-hydrogen) atoms. The molecule has 0 saturated heterocycles. The third-order valence-electron chi connectivity index (χ3n) is 4.50. The molecule has 4 nitrogen and oxygen atoms in total. The molecule has 0 fully saturated rings. The van der Waals surface area contributed by atoms with Crippen LogP contribution in [0.2, 0.25) is 0 Å². The molecule has 2 heterocycles. The van der Waals surface area contributed by atoms with Crippen molar-refractivity contribution in [3.8, 4) is 0 Å². The van der Waals surface area contributed by atoms with Crippen LogP contribution in [0.15, 0.2) is 65.4 Å². The van der Waals surface area contributed by atoms with Gasteiger partial charge >= 0.3 is 0 Å². The van der Waals surface area contributed by atoms with Gasteiger partial charge in [0.15, 0.2) is 5.13 Å². The fraction of sp³-hybridized carbons (Fsp3) is 0.136. The monoisotopic (exact) mass is 451 g/mol. The van der Waals surface area contributed by atoms with Crippen molar-refractivity contribution < 1.29 is 4.79 Å². The van der Waals surface area contributed by atoms with Crippen LogP contribution < -0.4 is 4.90 Å². The molecule has 0 unspecified atom stereocenters. The van der Waals surface area contributed by atoms with E-state index in [0.717, 1.165) is 31.4 Å². The summed E-state index contributed by atoms with van der Waals surface area (Å²) in [7, 11) is 0. The second-order valence-corrected chi connectivity index (χ2v) is 8.60. The summed E-state index contributed by atoms with van der Waals surface area (Å²) in [5, 5.41) is 0.683. The minimum atomic E-state index is -0.0526. The van der Waals surface area contributed by atoms with Crippen LogP contribution >= 0.6 is 27.3 Å². The van der Waals surface area contributed by atoms with Crippen LogP contribution in [0.5, 0.6) is 0 Å². The van der Waals surface area contributed by atoms with E-state index in [4.69, 9.17) is 4.98 Å². The Labute approximate surface area is 176 Å². The van der Waals surface area contributed by atoms with Crippen LogP contribution in [-0.4, -0.2) is 15.9 Å². The van der Waals surface area contributed by atoms with Gasteiger partial charge in [-0.2, -0.15) is 0 Å². The summed E-state index contributed by atoms with van der Waals surface area (Å²) in [6, 6.07) is 15.8. The molecule has 4 rings (SSSR count). The zero-order valence-electron chi connectivity index (χ0n) is 15.5. The molecule has 0 radical (unpaired) electrons. The predicted molar refractivity (Wildman–Crippen MR) is 118 cm³/mol. The van der Waals surface area contributed by atoms with Crippen LogP contribution in [0.4, 0.5) is 5.13 Å². The average molecular weight is 452 g/mol.